The summed E-state index contributed by atoms with van der Waals surface area (Å²) >= 11 is 0. The molecule has 0 heterocycles. The van der Waals surface area contributed by atoms with Crippen LogP contribution in [0.3, 0.4) is 0 Å². The Morgan fingerprint density at radius 1 is 1.03 bits per heavy atom. The highest BCUT2D eigenvalue weighted by Gasteiger charge is 2.13. The van der Waals surface area contributed by atoms with Crippen LogP contribution in [0.2, 0.25) is 0 Å². The Hall–Kier alpha value is -4.65. The Morgan fingerprint density at radius 2 is 1.80 bits per heavy atom. The van der Waals surface area contributed by atoms with E-state index in [0.29, 0.717) is 30.2 Å². The van der Waals surface area contributed by atoms with Gasteiger partial charge in [0.15, 0.2) is 11.5 Å². The van der Waals surface area contributed by atoms with Crippen molar-refractivity contribution in [2.75, 3.05) is 12.5 Å². The summed E-state index contributed by atoms with van der Waals surface area (Å²) in [6, 6.07) is 24.3. The van der Waals surface area contributed by atoms with Crippen molar-refractivity contribution >= 4 is 28.4 Å². The van der Waals surface area contributed by atoms with Crippen molar-refractivity contribution in [1.82, 2.24) is 0 Å². The topological polar surface area (TPSA) is 86.0 Å². The summed E-state index contributed by atoms with van der Waals surface area (Å²) in [5.74, 6) is 1.27. The molecule has 0 bridgehead atoms. The molecule has 7 nitrogen and oxygen atoms in total. The molecule has 0 fully saturated rings. The van der Waals surface area contributed by atoms with Gasteiger partial charge < -0.3 is 9.47 Å². The second-order valence-corrected chi connectivity index (χ2v) is 7.81. The van der Waals surface area contributed by atoms with Crippen LogP contribution < -0.4 is 14.9 Å². The van der Waals surface area contributed by atoms with E-state index < -0.39 is 4.92 Å². The van der Waals surface area contributed by atoms with E-state index in [2.05, 4.69) is 41.4 Å². The van der Waals surface area contributed by atoms with Crippen molar-refractivity contribution in [3.05, 3.63) is 118 Å². The van der Waals surface area contributed by atoms with Crippen molar-refractivity contribution in [3.63, 3.8) is 0 Å². The molecule has 4 aromatic rings. The van der Waals surface area contributed by atoms with Crippen molar-refractivity contribution in [1.29, 1.82) is 0 Å². The van der Waals surface area contributed by atoms with Crippen LogP contribution in [0, 0.1) is 10.1 Å². The molecule has 176 valence electrons. The zero-order valence-corrected chi connectivity index (χ0v) is 19.3. The van der Waals surface area contributed by atoms with Crippen molar-refractivity contribution in [2.45, 2.75) is 13.0 Å². The van der Waals surface area contributed by atoms with Crippen LogP contribution in [0.1, 0.15) is 16.7 Å². The molecule has 0 aliphatic rings. The Bertz CT molecular complexity index is 1380. The molecule has 0 saturated heterocycles. The van der Waals surface area contributed by atoms with Gasteiger partial charge in [0.25, 0.3) is 5.69 Å². The number of hydrogen-bond acceptors (Lipinski definition) is 6. The number of rotatable bonds is 10. The SMILES string of the molecule is C=CCc1cc(/C=N/Nc2ccc([N+](=O)[O-])cc2)cc(OC)c1OCc1cccc2ccccc12. The van der Waals surface area contributed by atoms with Gasteiger partial charge in [-0.25, -0.2) is 0 Å². The smallest absolute Gasteiger partial charge is 0.269 e. The van der Waals surface area contributed by atoms with Crippen molar-refractivity contribution < 1.29 is 14.4 Å². The number of allylic oxidation sites excluding steroid dienone is 1. The molecule has 4 rings (SSSR count). The third-order valence-corrected chi connectivity index (χ3v) is 5.48. The van der Waals surface area contributed by atoms with E-state index in [1.165, 1.54) is 17.5 Å². The van der Waals surface area contributed by atoms with E-state index in [-0.39, 0.29) is 5.69 Å². The fraction of sp³-hybridized carbons (Fsp3) is 0.107. The van der Waals surface area contributed by atoms with Crippen LogP contribution in [0.4, 0.5) is 11.4 Å². The summed E-state index contributed by atoms with van der Waals surface area (Å²) in [5, 5.41) is 17.4. The number of methoxy groups -OCH3 is 1. The lowest BCUT2D eigenvalue weighted by atomic mass is 10.0. The summed E-state index contributed by atoms with van der Waals surface area (Å²) in [5.41, 5.74) is 6.37. The number of anilines is 1. The largest absolute Gasteiger partial charge is 0.493 e. The Labute approximate surface area is 203 Å². The van der Waals surface area contributed by atoms with Gasteiger partial charge in [-0.3, -0.25) is 15.5 Å². The molecule has 0 spiro atoms. The van der Waals surface area contributed by atoms with Gasteiger partial charge in [0.2, 0.25) is 0 Å². The number of nitro groups is 1. The first-order valence-corrected chi connectivity index (χ1v) is 11.0. The third-order valence-electron chi connectivity index (χ3n) is 5.48. The van der Waals surface area contributed by atoms with Gasteiger partial charge in [-0.2, -0.15) is 5.10 Å². The van der Waals surface area contributed by atoms with Gasteiger partial charge in [0.1, 0.15) is 6.61 Å². The first kappa shape index (κ1) is 23.5. The van der Waals surface area contributed by atoms with Crippen LogP contribution in [-0.4, -0.2) is 18.2 Å². The molecule has 0 unspecified atom stereocenters. The molecule has 0 radical (unpaired) electrons. The molecular formula is C28H25N3O4. The average Bonchev–Trinajstić information content (AvgIpc) is 2.88. The van der Waals surface area contributed by atoms with E-state index in [4.69, 9.17) is 9.47 Å². The maximum atomic E-state index is 10.8. The predicted molar refractivity (Wildman–Crippen MR) is 139 cm³/mol. The number of hydrogen-bond donors (Lipinski definition) is 1. The van der Waals surface area contributed by atoms with E-state index in [9.17, 15) is 10.1 Å². The Morgan fingerprint density at radius 3 is 2.54 bits per heavy atom. The van der Waals surface area contributed by atoms with Crippen molar-refractivity contribution in [3.8, 4) is 11.5 Å². The first-order valence-electron chi connectivity index (χ1n) is 11.0. The molecule has 0 aliphatic heterocycles. The molecule has 0 saturated carbocycles. The van der Waals surface area contributed by atoms with Gasteiger partial charge in [-0.05, 0) is 52.6 Å². The van der Waals surface area contributed by atoms with Gasteiger partial charge in [-0.15, -0.1) is 6.58 Å². The zero-order valence-electron chi connectivity index (χ0n) is 19.3. The maximum Gasteiger partial charge on any atom is 0.269 e. The average molecular weight is 468 g/mol. The Balaban J connectivity index is 1.55. The number of fused-ring (bicyclic) bond motifs is 1. The summed E-state index contributed by atoms with van der Waals surface area (Å²) < 4.78 is 11.9. The van der Waals surface area contributed by atoms with Gasteiger partial charge in [-0.1, -0.05) is 48.5 Å². The predicted octanol–water partition coefficient (Wildman–Crippen LogP) is 6.51. The first-order chi connectivity index (χ1) is 17.1. The molecule has 0 aliphatic carbocycles. The van der Waals surface area contributed by atoms with E-state index in [0.717, 1.165) is 22.1 Å². The monoisotopic (exact) mass is 467 g/mol. The number of nitrogens with one attached hydrogen (secondary N) is 1. The normalized spacial score (nSPS) is 10.9. The fourth-order valence-electron chi connectivity index (χ4n) is 3.79. The highest BCUT2D eigenvalue weighted by molar-refractivity contribution is 5.85. The quantitative estimate of drug-likeness (QED) is 0.124. The van der Waals surface area contributed by atoms with Gasteiger partial charge >= 0.3 is 0 Å². The fourth-order valence-corrected chi connectivity index (χ4v) is 3.79. The number of hydrazone groups is 1. The molecule has 4 aromatic carbocycles. The van der Waals surface area contributed by atoms with Gasteiger partial charge in [0.05, 0.1) is 23.9 Å². The van der Waals surface area contributed by atoms with Crippen LogP contribution in [0.5, 0.6) is 11.5 Å². The summed E-state index contributed by atoms with van der Waals surface area (Å²) in [7, 11) is 1.61. The van der Waals surface area contributed by atoms with Crippen LogP contribution in [-0.2, 0) is 13.0 Å². The summed E-state index contributed by atoms with van der Waals surface area (Å²) in [6.45, 7) is 4.27. The molecule has 35 heavy (non-hydrogen) atoms. The number of nitrogens with zero attached hydrogens (tertiary/aromatic N) is 2. The third kappa shape index (κ3) is 5.65. The lowest BCUT2D eigenvalue weighted by Crippen LogP contribution is -2.03. The van der Waals surface area contributed by atoms with Crippen LogP contribution in [0.15, 0.2) is 96.6 Å². The second-order valence-electron chi connectivity index (χ2n) is 7.81. The minimum Gasteiger partial charge on any atom is -0.493 e. The molecule has 7 heteroatoms. The number of benzene rings is 4. The molecule has 1 N–H and O–H groups in total. The van der Waals surface area contributed by atoms with Crippen LogP contribution >= 0.6 is 0 Å². The number of ether oxygens (including phenoxy) is 2. The Kier molecular flexibility index (Phi) is 7.37. The van der Waals surface area contributed by atoms with E-state index >= 15 is 0 Å². The number of non-ortho nitro benzene ring substituents is 1. The lowest BCUT2D eigenvalue weighted by molar-refractivity contribution is -0.384. The number of nitro benzene ring substituents is 1. The van der Waals surface area contributed by atoms with E-state index in [1.807, 2.05) is 36.4 Å². The van der Waals surface area contributed by atoms with Crippen LogP contribution in [0.25, 0.3) is 10.8 Å². The highest BCUT2D eigenvalue weighted by atomic mass is 16.6. The lowest BCUT2D eigenvalue weighted by Gasteiger charge is -2.16. The molecule has 0 aromatic heterocycles. The molecular weight excluding hydrogens is 442 g/mol. The minimum absolute atomic E-state index is 0.0254. The minimum atomic E-state index is -0.440. The molecule has 0 atom stereocenters. The standard InChI is InChI=1S/C28H25N3O4/c1-3-7-22-16-20(18-29-30-24-12-14-25(15-13-24)31(32)33)17-27(34-2)28(22)35-19-23-10-6-9-21-8-4-5-11-26(21)23/h3-6,8-18,30H,1,7,19H2,2H3/b29-18+. The maximum absolute atomic E-state index is 10.8. The zero-order chi connectivity index (χ0) is 24.6. The summed E-state index contributed by atoms with van der Waals surface area (Å²) in [6.07, 6.45) is 4.07. The van der Waals surface area contributed by atoms with Crippen molar-refractivity contribution in [2.24, 2.45) is 5.10 Å². The highest BCUT2D eigenvalue weighted by Crippen LogP contribution is 2.34. The van der Waals surface area contributed by atoms with E-state index in [1.54, 1.807) is 25.5 Å². The van der Waals surface area contributed by atoms with Gasteiger partial charge in [0, 0.05) is 17.7 Å². The molecule has 0 amide bonds. The second kappa shape index (κ2) is 11.0. The summed E-state index contributed by atoms with van der Waals surface area (Å²) in [4.78, 5) is 10.4.